The topological polar surface area (TPSA) is 52.6 Å². The molecule has 136 valence electrons. The van der Waals surface area contributed by atoms with E-state index in [1.807, 2.05) is 0 Å². The van der Waals surface area contributed by atoms with E-state index in [1.165, 1.54) is 32.1 Å². The molecular weight excluding hydrogens is 292 g/mol. The van der Waals surface area contributed by atoms with Gasteiger partial charge in [-0.25, -0.2) is 0 Å². The number of rotatable bonds is 15. The van der Waals surface area contributed by atoms with E-state index in [0.29, 0.717) is 19.1 Å². The van der Waals surface area contributed by atoms with Crippen LogP contribution in [0.4, 0.5) is 0 Å². The summed E-state index contributed by atoms with van der Waals surface area (Å²) in [5.74, 6) is 0.0204. The van der Waals surface area contributed by atoms with Crippen molar-refractivity contribution in [2.24, 2.45) is 5.92 Å². The molecule has 0 aliphatic heterocycles. The molecule has 0 heterocycles. The second-order valence-corrected chi connectivity index (χ2v) is 6.60. The van der Waals surface area contributed by atoms with Gasteiger partial charge in [0.1, 0.15) is 0 Å². The number of ether oxygens (including phenoxy) is 2. The van der Waals surface area contributed by atoms with E-state index in [0.717, 1.165) is 25.7 Å². The molecule has 0 N–H and O–H groups in total. The molecule has 0 spiro atoms. The fourth-order valence-electron chi connectivity index (χ4n) is 2.27. The van der Waals surface area contributed by atoms with Crippen molar-refractivity contribution in [3.05, 3.63) is 0 Å². The van der Waals surface area contributed by atoms with Crippen LogP contribution in [-0.4, -0.2) is 25.2 Å². The van der Waals surface area contributed by atoms with E-state index in [2.05, 4.69) is 20.8 Å². The third kappa shape index (κ3) is 17.1. The Morgan fingerprint density at radius 3 is 1.74 bits per heavy atom. The van der Waals surface area contributed by atoms with Crippen molar-refractivity contribution in [2.45, 2.75) is 91.4 Å². The van der Waals surface area contributed by atoms with Gasteiger partial charge in [-0.2, -0.15) is 0 Å². The number of hydrogen-bond acceptors (Lipinski definition) is 4. The van der Waals surface area contributed by atoms with Gasteiger partial charge in [0.2, 0.25) is 0 Å². The second kappa shape index (κ2) is 15.8. The van der Waals surface area contributed by atoms with E-state index in [1.54, 1.807) is 0 Å². The molecule has 0 atom stereocenters. The Labute approximate surface area is 142 Å². The fraction of sp³-hybridized carbons (Fsp3) is 0.895. The molecule has 0 rings (SSSR count). The van der Waals surface area contributed by atoms with Crippen LogP contribution < -0.4 is 0 Å². The molecule has 0 unspecified atom stereocenters. The average molecular weight is 328 g/mol. The third-order valence-corrected chi connectivity index (χ3v) is 3.73. The van der Waals surface area contributed by atoms with Crippen LogP contribution in [-0.2, 0) is 19.1 Å². The molecule has 0 saturated carbocycles. The largest absolute Gasteiger partial charge is 0.466 e. The van der Waals surface area contributed by atoms with Crippen molar-refractivity contribution < 1.29 is 19.1 Å². The van der Waals surface area contributed by atoms with Gasteiger partial charge in [0.15, 0.2) is 0 Å². The lowest BCUT2D eigenvalue weighted by Crippen LogP contribution is -2.11. The van der Waals surface area contributed by atoms with E-state index < -0.39 is 0 Å². The Balaban J connectivity index is 3.37. The average Bonchev–Trinajstić information content (AvgIpc) is 2.52. The Morgan fingerprint density at radius 1 is 0.739 bits per heavy atom. The molecule has 0 aliphatic rings. The Hall–Kier alpha value is -1.06. The van der Waals surface area contributed by atoms with E-state index in [4.69, 9.17) is 9.47 Å². The van der Waals surface area contributed by atoms with Crippen molar-refractivity contribution in [3.63, 3.8) is 0 Å². The summed E-state index contributed by atoms with van der Waals surface area (Å²) >= 11 is 0. The molecule has 0 saturated heterocycles. The standard InChI is InChI=1S/C19H36O4/c1-4-5-6-7-8-9-10-15-22-18(20)13-14-19(21)23-16-11-12-17(2)3/h17H,4-16H2,1-3H3. The van der Waals surface area contributed by atoms with E-state index in [-0.39, 0.29) is 24.8 Å². The lowest BCUT2D eigenvalue weighted by Gasteiger charge is -2.07. The maximum absolute atomic E-state index is 11.5. The summed E-state index contributed by atoms with van der Waals surface area (Å²) in [7, 11) is 0. The predicted octanol–water partition coefficient (Wildman–Crippen LogP) is 5.04. The number of esters is 2. The highest BCUT2D eigenvalue weighted by Crippen LogP contribution is 2.07. The molecule has 0 bridgehead atoms. The van der Waals surface area contributed by atoms with Crippen LogP contribution in [0.25, 0.3) is 0 Å². The van der Waals surface area contributed by atoms with Gasteiger partial charge in [-0.3, -0.25) is 9.59 Å². The molecule has 4 heteroatoms. The molecule has 0 aliphatic carbocycles. The van der Waals surface area contributed by atoms with E-state index >= 15 is 0 Å². The maximum atomic E-state index is 11.5. The highest BCUT2D eigenvalue weighted by molar-refractivity contribution is 5.77. The number of carbonyl (C=O) groups excluding carboxylic acids is 2. The number of unbranched alkanes of at least 4 members (excludes halogenated alkanes) is 6. The van der Waals surface area contributed by atoms with Gasteiger partial charge in [-0.05, 0) is 25.2 Å². The summed E-state index contributed by atoms with van der Waals surface area (Å²) < 4.78 is 10.2. The highest BCUT2D eigenvalue weighted by Gasteiger charge is 2.09. The first-order valence-electron chi connectivity index (χ1n) is 9.37. The lowest BCUT2D eigenvalue weighted by atomic mass is 10.1. The van der Waals surface area contributed by atoms with Gasteiger partial charge >= 0.3 is 11.9 Å². The predicted molar refractivity (Wildman–Crippen MR) is 93.2 cm³/mol. The Kier molecular flexibility index (Phi) is 15.1. The van der Waals surface area contributed by atoms with Crippen molar-refractivity contribution >= 4 is 11.9 Å². The van der Waals surface area contributed by atoms with E-state index in [9.17, 15) is 9.59 Å². The van der Waals surface area contributed by atoms with Crippen LogP contribution in [0.1, 0.15) is 91.4 Å². The van der Waals surface area contributed by atoms with Crippen LogP contribution in [0.3, 0.4) is 0 Å². The van der Waals surface area contributed by atoms with Crippen molar-refractivity contribution in [1.82, 2.24) is 0 Å². The first kappa shape index (κ1) is 21.9. The lowest BCUT2D eigenvalue weighted by molar-refractivity contribution is -0.150. The van der Waals surface area contributed by atoms with Crippen LogP contribution in [0.2, 0.25) is 0 Å². The van der Waals surface area contributed by atoms with Gasteiger partial charge in [-0.15, -0.1) is 0 Å². The summed E-state index contributed by atoms with van der Waals surface area (Å²) in [6.07, 6.45) is 10.5. The fourth-order valence-corrected chi connectivity index (χ4v) is 2.27. The monoisotopic (exact) mass is 328 g/mol. The van der Waals surface area contributed by atoms with Crippen molar-refractivity contribution in [2.75, 3.05) is 13.2 Å². The molecule has 4 nitrogen and oxygen atoms in total. The molecule has 0 radical (unpaired) electrons. The van der Waals surface area contributed by atoms with Crippen LogP contribution in [0.5, 0.6) is 0 Å². The van der Waals surface area contributed by atoms with Gasteiger partial charge in [0.05, 0.1) is 26.1 Å². The molecule has 0 aromatic heterocycles. The minimum atomic E-state index is -0.304. The summed E-state index contributed by atoms with van der Waals surface area (Å²) in [5.41, 5.74) is 0. The second-order valence-electron chi connectivity index (χ2n) is 6.60. The van der Waals surface area contributed by atoms with Gasteiger partial charge < -0.3 is 9.47 Å². The summed E-state index contributed by atoms with van der Waals surface area (Å²) in [6.45, 7) is 7.41. The zero-order valence-electron chi connectivity index (χ0n) is 15.4. The Morgan fingerprint density at radius 2 is 1.22 bits per heavy atom. The number of hydrogen-bond donors (Lipinski definition) is 0. The zero-order valence-corrected chi connectivity index (χ0v) is 15.4. The van der Waals surface area contributed by atoms with Crippen LogP contribution in [0.15, 0.2) is 0 Å². The van der Waals surface area contributed by atoms with Crippen molar-refractivity contribution in [3.8, 4) is 0 Å². The Bertz CT molecular complexity index is 300. The summed E-state index contributed by atoms with van der Waals surface area (Å²) in [4.78, 5) is 23.0. The molecule has 23 heavy (non-hydrogen) atoms. The van der Waals surface area contributed by atoms with Crippen LogP contribution in [0, 0.1) is 5.92 Å². The molecule has 0 aromatic carbocycles. The minimum Gasteiger partial charge on any atom is -0.466 e. The van der Waals surface area contributed by atoms with Gasteiger partial charge in [0.25, 0.3) is 0 Å². The summed E-state index contributed by atoms with van der Waals surface area (Å²) in [6, 6.07) is 0. The first-order chi connectivity index (χ1) is 11.1. The highest BCUT2D eigenvalue weighted by atomic mass is 16.5. The van der Waals surface area contributed by atoms with Crippen molar-refractivity contribution in [1.29, 1.82) is 0 Å². The molecule has 0 amide bonds. The molecular formula is C19H36O4. The first-order valence-corrected chi connectivity index (χ1v) is 9.37. The number of carbonyl (C=O) groups is 2. The molecule has 0 aromatic rings. The summed E-state index contributed by atoms with van der Waals surface area (Å²) in [5, 5.41) is 0. The zero-order chi connectivity index (χ0) is 17.3. The quantitative estimate of drug-likeness (QED) is 0.312. The van der Waals surface area contributed by atoms with Crippen LogP contribution >= 0.6 is 0 Å². The smallest absolute Gasteiger partial charge is 0.306 e. The van der Waals surface area contributed by atoms with Gasteiger partial charge in [-0.1, -0.05) is 59.3 Å². The minimum absolute atomic E-state index is 0.123. The maximum Gasteiger partial charge on any atom is 0.306 e. The third-order valence-electron chi connectivity index (χ3n) is 3.73. The molecule has 0 fully saturated rings. The normalized spacial score (nSPS) is 10.8. The van der Waals surface area contributed by atoms with Gasteiger partial charge in [0, 0.05) is 0 Å². The SMILES string of the molecule is CCCCCCCCCOC(=O)CCC(=O)OCCCC(C)C.